The Morgan fingerprint density at radius 1 is 1.00 bits per heavy atom. The standard InChI is InChI=1S/C21H28N4O4/c1-16(26)17-5-7-18(8-6-17)29-14-4-9-24-10-12-25(13-11-24)19-15-20(27)23(3)21(28)22(19)2/h5-8,15H,4,9-14H2,1-3H3. The van der Waals surface area contributed by atoms with Gasteiger partial charge in [0.2, 0.25) is 0 Å². The Morgan fingerprint density at radius 3 is 2.28 bits per heavy atom. The number of hydrogen-bond donors (Lipinski definition) is 0. The average Bonchev–Trinajstić information content (AvgIpc) is 2.73. The molecule has 0 N–H and O–H groups in total. The summed E-state index contributed by atoms with van der Waals surface area (Å²) in [5.41, 5.74) is 0.103. The van der Waals surface area contributed by atoms with Gasteiger partial charge in [0.1, 0.15) is 11.6 Å². The van der Waals surface area contributed by atoms with E-state index < -0.39 is 0 Å². The quantitative estimate of drug-likeness (QED) is 0.507. The first-order chi connectivity index (χ1) is 13.9. The number of anilines is 1. The average molecular weight is 400 g/mol. The van der Waals surface area contributed by atoms with Gasteiger partial charge < -0.3 is 9.64 Å². The van der Waals surface area contributed by atoms with Gasteiger partial charge in [0.05, 0.1) is 6.61 Å². The van der Waals surface area contributed by atoms with E-state index in [-0.39, 0.29) is 17.0 Å². The van der Waals surface area contributed by atoms with Gasteiger partial charge in [-0.2, -0.15) is 0 Å². The van der Waals surface area contributed by atoms with E-state index in [9.17, 15) is 14.4 Å². The van der Waals surface area contributed by atoms with E-state index in [0.29, 0.717) is 18.0 Å². The molecule has 1 fully saturated rings. The van der Waals surface area contributed by atoms with Crippen LogP contribution in [0.2, 0.25) is 0 Å². The van der Waals surface area contributed by atoms with Gasteiger partial charge in [0, 0.05) is 58.4 Å². The lowest BCUT2D eigenvalue weighted by Crippen LogP contribution is -2.49. The van der Waals surface area contributed by atoms with Crippen LogP contribution in [0, 0.1) is 0 Å². The smallest absolute Gasteiger partial charge is 0.332 e. The summed E-state index contributed by atoms with van der Waals surface area (Å²) in [6.07, 6.45) is 0.902. The van der Waals surface area contributed by atoms with Crippen molar-refractivity contribution in [1.82, 2.24) is 14.0 Å². The molecule has 0 unspecified atom stereocenters. The molecule has 1 aromatic heterocycles. The zero-order chi connectivity index (χ0) is 21.0. The molecule has 8 nitrogen and oxygen atoms in total. The van der Waals surface area contributed by atoms with Crippen molar-refractivity contribution in [2.24, 2.45) is 14.1 Å². The number of Topliss-reactive ketones (excluding diaryl/α,β-unsaturated/α-hetero) is 1. The predicted octanol–water partition coefficient (Wildman–Crippen LogP) is 0.878. The van der Waals surface area contributed by atoms with Gasteiger partial charge in [-0.25, -0.2) is 4.79 Å². The van der Waals surface area contributed by atoms with E-state index in [1.54, 1.807) is 26.1 Å². The molecule has 0 amide bonds. The maximum atomic E-state index is 12.1. The minimum atomic E-state index is -0.302. The maximum Gasteiger partial charge on any atom is 0.332 e. The lowest BCUT2D eigenvalue weighted by atomic mass is 10.1. The Hall–Kier alpha value is -2.87. The van der Waals surface area contributed by atoms with Crippen molar-refractivity contribution in [2.45, 2.75) is 13.3 Å². The van der Waals surface area contributed by atoms with Gasteiger partial charge in [-0.15, -0.1) is 0 Å². The van der Waals surface area contributed by atoms with Crippen LogP contribution in [0.15, 0.2) is 39.9 Å². The van der Waals surface area contributed by atoms with Gasteiger partial charge >= 0.3 is 5.69 Å². The molecule has 2 heterocycles. The largest absolute Gasteiger partial charge is 0.494 e. The van der Waals surface area contributed by atoms with Gasteiger partial charge in [0.25, 0.3) is 5.56 Å². The molecule has 1 aliphatic heterocycles. The highest BCUT2D eigenvalue weighted by Crippen LogP contribution is 2.14. The summed E-state index contributed by atoms with van der Waals surface area (Å²) in [5.74, 6) is 1.49. The van der Waals surface area contributed by atoms with Crippen LogP contribution in [0.3, 0.4) is 0 Å². The third-order valence-electron chi connectivity index (χ3n) is 5.35. The lowest BCUT2D eigenvalue weighted by Gasteiger charge is -2.36. The molecule has 2 aromatic rings. The van der Waals surface area contributed by atoms with Crippen LogP contribution in [-0.4, -0.2) is 59.1 Å². The monoisotopic (exact) mass is 400 g/mol. The van der Waals surface area contributed by atoms with Crippen LogP contribution in [0.25, 0.3) is 0 Å². The van der Waals surface area contributed by atoms with E-state index in [0.717, 1.165) is 49.5 Å². The number of ether oxygens (including phenoxy) is 1. The molecule has 3 rings (SSSR count). The first-order valence-electron chi connectivity index (χ1n) is 9.85. The molecule has 0 radical (unpaired) electrons. The van der Waals surface area contributed by atoms with Gasteiger partial charge in [-0.1, -0.05) is 0 Å². The number of rotatable bonds is 7. The van der Waals surface area contributed by atoms with E-state index in [1.165, 1.54) is 17.7 Å². The van der Waals surface area contributed by atoms with Crippen molar-refractivity contribution in [1.29, 1.82) is 0 Å². The second-order valence-corrected chi connectivity index (χ2v) is 7.35. The Balaban J connectivity index is 1.44. The van der Waals surface area contributed by atoms with Crippen molar-refractivity contribution in [3.05, 3.63) is 56.7 Å². The maximum absolute atomic E-state index is 12.1. The molecule has 0 spiro atoms. The third-order valence-corrected chi connectivity index (χ3v) is 5.35. The summed E-state index contributed by atoms with van der Waals surface area (Å²) in [5, 5.41) is 0. The minimum Gasteiger partial charge on any atom is -0.494 e. The number of nitrogens with zero attached hydrogens (tertiary/aromatic N) is 4. The van der Waals surface area contributed by atoms with E-state index in [4.69, 9.17) is 4.74 Å². The Bertz CT molecular complexity index is 970. The molecule has 0 bridgehead atoms. The molecule has 1 aromatic carbocycles. The fourth-order valence-electron chi connectivity index (χ4n) is 3.49. The SMILES string of the molecule is CC(=O)c1ccc(OCCCN2CCN(c3cc(=O)n(C)c(=O)n3C)CC2)cc1. The summed E-state index contributed by atoms with van der Waals surface area (Å²) in [6, 6.07) is 8.73. The number of carbonyl (C=O) groups is 1. The second-order valence-electron chi connectivity index (χ2n) is 7.35. The van der Waals surface area contributed by atoms with Crippen molar-refractivity contribution in [3.8, 4) is 5.75 Å². The van der Waals surface area contributed by atoms with Gasteiger partial charge in [0.15, 0.2) is 5.78 Å². The second kappa shape index (κ2) is 9.09. The Kier molecular flexibility index (Phi) is 6.53. The van der Waals surface area contributed by atoms with Crippen LogP contribution in [0.1, 0.15) is 23.7 Å². The Labute approximate surface area is 169 Å². The number of carbonyl (C=O) groups excluding carboxylic acids is 1. The number of ketones is 1. The summed E-state index contributed by atoms with van der Waals surface area (Å²) >= 11 is 0. The number of benzene rings is 1. The van der Waals surface area contributed by atoms with Gasteiger partial charge in [-0.3, -0.25) is 23.6 Å². The molecular formula is C21H28N4O4. The summed E-state index contributed by atoms with van der Waals surface area (Å²) in [4.78, 5) is 39.8. The number of hydrogen-bond acceptors (Lipinski definition) is 6. The molecule has 29 heavy (non-hydrogen) atoms. The van der Waals surface area contributed by atoms with Crippen molar-refractivity contribution < 1.29 is 9.53 Å². The first kappa shape index (κ1) is 20.9. The predicted molar refractivity (Wildman–Crippen MR) is 112 cm³/mol. The Morgan fingerprint density at radius 2 is 1.66 bits per heavy atom. The van der Waals surface area contributed by atoms with Gasteiger partial charge in [-0.05, 0) is 37.6 Å². The fourth-order valence-corrected chi connectivity index (χ4v) is 3.49. The molecule has 0 aliphatic carbocycles. The molecule has 0 saturated carbocycles. The molecule has 1 aliphatic rings. The van der Waals surface area contributed by atoms with E-state index >= 15 is 0 Å². The van der Waals surface area contributed by atoms with Crippen molar-refractivity contribution in [3.63, 3.8) is 0 Å². The molecular weight excluding hydrogens is 372 g/mol. The van der Waals surface area contributed by atoms with Crippen molar-refractivity contribution in [2.75, 3.05) is 44.2 Å². The van der Waals surface area contributed by atoms with Crippen LogP contribution < -0.4 is 20.9 Å². The van der Waals surface area contributed by atoms with E-state index in [1.807, 2.05) is 12.1 Å². The fraction of sp³-hybridized carbons (Fsp3) is 0.476. The normalized spacial score (nSPS) is 14.8. The summed E-state index contributed by atoms with van der Waals surface area (Å²) in [6.45, 7) is 6.37. The van der Waals surface area contributed by atoms with Crippen LogP contribution in [0.5, 0.6) is 5.75 Å². The zero-order valence-corrected chi connectivity index (χ0v) is 17.3. The summed E-state index contributed by atoms with van der Waals surface area (Å²) < 4.78 is 8.40. The number of aromatic nitrogens is 2. The van der Waals surface area contributed by atoms with Crippen LogP contribution in [-0.2, 0) is 14.1 Å². The molecule has 0 atom stereocenters. The lowest BCUT2D eigenvalue weighted by molar-refractivity contribution is 0.101. The van der Waals surface area contributed by atoms with Crippen LogP contribution in [0.4, 0.5) is 5.82 Å². The minimum absolute atomic E-state index is 0.0478. The topological polar surface area (TPSA) is 76.8 Å². The van der Waals surface area contributed by atoms with E-state index in [2.05, 4.69) is 9.80 Å². The summed E-state index contributed by atoms with van der Waals surface area (Å²) in [7, 11) is 3.19. The molecule has 1 saturated heterocycles. The van der Waals surface area contributed by atoms with Crippen molar-refractivity contribution >= 4 is 11.6 Å². The molecule has 8 heteroatoms. The highest BCUT2D eigenvalue weighted by atomic mass is 16.5. The van der Waals surface area contributed by atoms with Crippen LogP contribution >= 0.6 is 0 Å². The highest BCUT2D eigenvalue weighted by Gasteiger charge is 2.20. The molecule has 156 valence electrons. The highest BCUT2D eigenvalue weighted by molar-refractivity contribution is 5.94. The first-order valence-corrected chi connectivity index (χ1v) is 9.85. The zero-order valence-electron chi connectivity index (χ0n) is 17.3. The number of piperazine rings is 1. The third kappa shape index (κ3) is 4.95.